The molecule has 7 aromatic rings. The summed E-state index contributed by atoms with van der Waals surface area (Å²) in [4.78, 5) is 4.74. The second kappa shape index (κ2) is 9.02. The van der Waals surface area contributed by atoms with Gasteiger partial charge in [0, 0.05) is 45.1 Å². The number of furan rings is 1. The van der Waals surface area contributed by atoms with Crippen molar-refractivity contribution in [2.24, 2.45) is 0 Å². The highest BCUT2D eigenvalue weighted by atomic mass is 16.3. The number of anilines is 6. The van der Waals surface area contributed by atoms with Gasteiger partial charge in [-0.1, -0.05) is 91.0 Å². The van der Waals surface area contributed by atoms with Crippen LogP contribution < -0.4 is 26.2 Å². The lowest BCUT2D eigenvalue weighted by atomic mass is 9.37. The molecular formula is C38H25BN2O. The van der Waals surface area contributed by atoms with Crippen molar-refractivity contribution in [3.8, 4) is 11.3 Å². The molecule has 2 aliphatic heterocycles. The van der Waals surface area contributed by atoms with Crippen molar-refractivity contribution in [3.05, 3.63) is 152 Å². The maximum absolute atomic E-state index is 6.53. The zero-order valence-corrected chi connectivity index (χ0v) is 22.8. The molecule has 4 heteroatoms. The van der Waals surface area contributed by atoms with Crippen LogP contribution in [0.25, 0.3) is 22.3 Å². The minimum Gasteiger partial charge on any atom is -0.457 e. The Morgan fingerprint density at radius 2 is 1.17 bits per heavy atom. The zero-order valence-electron chi connectivity index (χ0n) is 22.8. The Morgan fingerprint density at radius 3 is 1.98 bits per heavy atom. The number of nitrogens with zero attached hydrogens (tertiary/aromatic N) is 2. The van der Waals surface area contributed by atoms with E-state index >= 15 is 0 Å². The van der Waals surface area contributed by atoms with E-state index in [1.165, 1.54) is 38.7 Å². The van der Waals surface area contributed by atoms with Gasteiger partial charge in [-0.15, -0.1) is 0 Å². The third-order valence-electron chi connectivity index (χ3n) is 8.64. The first-order valence-corrected chi connectivity index (χ1v) is 14.4. The Morgan fingerprint density at radius 1 is 0.524 bits per heavy atom. The van der Waals surface area contributed by atoms with Gasteiger partial charge in [-0.3, -0.25) is 0 Å². The van der Waals surface area contributed by atoms with Crippen LogP contribution in [-0.2, 0) is 0 Å². The van der Waals surface area contributed by atoms with E-state index in [0.29, 0.717) is 0 Å². The summed E-state index contributed by atoms with van der Waals surface area (Å²) in [6, 6.07) is 54.0. The van der Waals surface area contributed by atoms with Gasteiger partial charge in [-0.05, 0) is 77.1 Å². The van der Waals surface area contributed by atoms with Crippen molar-refractivity contribution in [1.82, 2.24) is 0 Å². The Labute approximate surface area is 245 Å². The molecule has 6 aromatic carbocycles. The minimum atomic E-state index is 0.135. The van der Waals surface area contributed by atoms with Crippen molar-refractivity contribution < 1.29 is 4.42 Å². The molecule has 1 aromatic heterocycles. The van der Waals surface area contributed by atoms with Crippen LogP contribution in [0.15, 0.2) is 156 Å². The molecule has 0 saturated carbocycles. The summed E-state index contributed by atoms with van der Waals surface area (Å²) in [7, 11) is 0. The Balaban J connectivity index is 1.26. The maximum Gasteiger partial charge on any atom is 0.253 e. The monoisotopic (exact) mass is 536 g/mol. The van der Waals surface area contributed by atoms with Gasteiger partial charge in [-0.25, -0.2) is 0 Å². The standard InChI is InChI=1S/C38H25BN2O/c1-3-13-26(14-4-1)40(27-15-5-2-6-16-27)28-17-11-18-29(25-28)41-33-22-9-8-21-32(33)39-36-31(20-12-23-34(36)41)38-37(39)30-19-7-10-24-35(30)42-38/h1-25H. The first-order valence-electron chi connectivity index (χ1n) is 14.4. The summed E-state index contributed by atoms with van der Waals surface area (Å²) in [6.45, 7) is 0.135. The topological polar surface area (TPSA) is 19.6 Å². The van der Waals surface area contributed by atoms with E-state index in [0.717, 1.165) is 34.1 Å². The molecule has 0 N–H and O–H groups in total. The molecule has 0 atom stereocenters. The van der Waals surface area contributed by atoms with Gasteiger partial charge in [0.2, 0.25) is 0 Å². The summed E-state index contributed by atoms with van der Waals surface area (Å²) in [6.07, 6.45) is 0. The first-order chi connectivity index (χ1) is 20.9. The summed E-state index contributed by atoms with van der Waals surface area (Å²) in [5, 5.41) is 1.20. The van der Waals surface area contributed by atoms with E-state index in [9.17, 15) is 0 Å². The van der Waals surface area contributed by atoms with Crippen molar-refractivity contribution >= 4 is 68.2 Å². The largest absolute Gasteiger partial charge is 0.457 e. The molecule has 0 aliphatic carbocycles. The molecular weight excluding hydrogens is 511 g/mol. The van der Waals surface area contributed by atoms with Gasteiger partial charge in [0.1, 0.15) is 11.3 Å². The van der Waals surface area contributed by atoms with Gasteiger partial charge in [0.15, 0.2) is 0 Å². The molecule has 42 heavy (non-hydrogen) atoms. The van der Waals surface area contributed by atoms with Crippen LogP contribution in [0.4, 0.5) is 34.1 Å². The highest BCUT2D eigenvalue weighted by Gasteiger charge is 2.45. The van der Waals surface area contributed by atoms with E-state index in [2.05, 4.69) is 161 Å². The van der Waals surface area contributed by atoms with Crippen molar-refractivity contribution in [3.63, 3.8) is 0 Å². The highest BCUT2D eigenvalue weighted by molar-refractivity contribution is 7.02. The molecule has 196 valence electrons. The molecule has 0 saturated heterocycles. The molecule has 0 unspecified atom stereocenters. The second-order valence-electron chi connectivity index (χ2n) is 10.9. The Bertz CT molecular complexity index is 2080. The molecule has 3 heterocycles. The lowest BCUT2D eigenvalue weighted by Gasteiger charge is -2.36. The smallest absolute Gasteiger partial charge is 0.253 e. The van der Waals surface area contributed by atoms with Crippen LogP contribution in [0.2, 0.25) is 0 Å². The normalized spacial score (nSPS) is 12.7. The van der Waals surface area contributed by atoms with Gasteiger partial charge in [0.05, 0.1) is 0 Å². The van der Waals surface area contributed by atoms with Crippen molar-refractivity contribution in [1.29, 1.82) is 0 Å². The minimum absolute atomic E-state index is 0.135. The number of rotatable bonds is 4. The quantitative estimate of drug-likeness (QED) is 0.212. The average Bonchev–Trinajstić information content (AvgIpc) is 3.59. The summed E-state index contributed by atoms with van der Waals surface area (Å²) in [5.74, 6) is 1.00. The highest BCUT2D eigenvalue weighted by Crippen LogP contribution is 2.44. The summed E-state index contributed by atoms with van der Waals surface area (Å²) >= 11 is 0. The molecule has 0 fully saturated rings. The molecule has 2 aliphatic rings. The number of para-hydroxylation sites is 4. The molecule has 0 amide bonds. The predicted molar refractivity (Wildman–Crippen MR) is 176 cm³/mol. The first kappa shape index (κ1) is 23.3. The summed E-state index contributed by atoms with van der Waals surface area (Å²) in [5.41, 5.74) is 12.9. The van der Waals surface area contributed by atoms with E-state index in [1.807, 2.05) is 0 Å². The maximum atomic E-state index is 6.53. The number of fused-ring (bicyclic) bond motifs is 7. The van der Waals surface area contributed by atoms with Crippen molar-refractivity contribution in [2.75, 3.05) is 9.80 Å². The lowest BCUT2D eigenvalue weighted by Crippen LogP contribution is -2.54. The Kier molecular flexibility index (Phi) is 4.99. The number of benzene rings is 6. The van der Waals surface area contributed by atoms with Crippen LogP contribution in [0, 0.1) is 0 Å². The van der Waals surface area contributed by atoms with Gasteiger partial charge >= 0.3 is 0 Å². The van der Waals surface area contributed by atoms with Crippen molar-refractivity contribution in [2.45, 2.75) is 0 Å². The van der Waals surface area contributed by atoms with E-state index in [4.69, 9.17) is 4.42 Å². The average molecular weight is 536 g/mol. The van der Waals surface area contributed by atoms with Crippen LogP contribution in [0.1, 0.15) is 0 Å². The summed E-state index contributed by atoms with van der Waals surface area (Å²) < 4.78 is 6.53. The van der Waals surface area contributed by atoms with Crippen LogP contribution in [0.5, 0.6) is 0 Å². The van der Waals surface area contributed by atoms with E-state index in [-0.39, 0.29) is 6.71 Å². The zero-order chi connectivity index (χ0) is 27.6. The fourth-order valence-corrected chi connectivity index (χ4v) is 6.97. The lowest BCUT2D eigenvalue weighted by molar-refractivity contribution is 0.635. The predicted octanol–water partition coefficient (Wildman–Crippen LogP) is 8.18. The number of hydrogen-bond acceptors (Lipinski definition) is 3. The fourth-order valence-electron chi connectivity index (χ4n) is 6.97. The second-order valence-corrected chi connectivity index (χ2v) is 10.9. The van der Waals surface area contributed by atoms with E-state index in [1.54, 1.807) is 0 Å². The van der Waals surface area contributed by atoms with Gasteiger partial charge in [0.25, 0.3) is 6.71 Å². The molecule has 0 spiro atoms. The van der Waals surface area contributed by atoms with Crippen LogP contribution >= 0.6 is 0 Å². The third kappa shape index (κ3) is 3.29. The molecule has 0 bridgehead atoms. The third-order valence-corrected chi connectivity index (χ3v) is 8.64. The van der Waals surface area contributed by atoms with Crippen LogP contribution in [-0.4, -0.2) is 6.71 Å². The van der Waals surface area contributed by atoms with E-state index < -0.39 is 0 Å². The SMILES string of the molecule is c1ccc(N(c2ccccc2)c2cccc(N3c4ccccc4B4c5c(cccc53)-c3oc5ccccc5c34)c2)cc1. The fraction of sp³-hybridized carbons (Fsp3) is 0. The van der Waals surface area contributed by atoms with Crippen LogP contribution in [0.3, 0.4) is 0 Å². The molecule has 9 rings (SSSR count). The Hall–Kier alpha value is -5.48. The molecule has 3 nitrogen and oxygen atoms in total. The van der Waals surface area contributed by atoms with Gasteiger partial charge in [-0.2, -0.15) is 0 Å². The number of hydrogen-bond donors (Lipinski definition) is 0. The molecule has 0 radical (unpaired) electrons. The van der Waals surface area contributed by atoms with Gasteiger partial charge < -0.3 is 14.2 Å².